The van der Waals surface area contributed by atoms with Gasteiger partial charge in [-0.25, -0.2) is 8.42 Å². The average Bonchev–Trinajstić information content (AvgIpc) is 2.46. The SMILES string of the molecule is COCCSCCS(=O)(=O)c1ccc(/C(N)=N/O)cc1. The first-order chi connectivity index (χ1) is 9.51. The molecule has 8 heteroatoms. The summed E-state index contributed by atoms with van der Waals surface area (Å²) >= 11 is 1.53. The summed E-state index contributed by atoms with van der Waals surface area (Å²) in [4.78, 5) is 0.235. The maximum atomic E-state index is 12.1. The predicted molar refractivity (Wildman–Crippen MR) is 80.2 cm³/mol. The molecule has 0 saturated carbocycles. The second-order valence-corrected chi connectivity index (χ2v) is 7.27. The van der Waals surface area contributed by atoms with Gasteiger partial charge in [-0.05, 0) is 24.3 Å². The molecule has 20 heavy (non-hydrogen) atoms. The van der Waals surface area contributed by atoms with Crippen LogP contribution in [-0.2, 0) is 14.6 Å². The lowest BCUT2D eigenvalue weighted by Crippen LogP contribution is -2.14. The molecule has 0 unspecified atom stereocenters. The lowest BCUT2D eigenvalue weighted by Gasteiger charge is -2.05. The highest BCUT2D eigenvalue weighted by molar-refractivity contribution is 8.00. The highest BCUT2D eigenvalue weighted by Gasteiger charge is 2.14. The van der Waals surface area contributed by atoms with E-state index in [-0.39, 0.29) is 16.5 Å². The maximum absolute atomic E-state index is 12.1. The van der Waals surface area contributed by atoms with Crippen LogP contribution in [0.4, 0.5) is 0 Å². The van der Waals surface area contributed by atoms with Crippen LogP contribution >= 0.6 is 11.8 Å². The van der Waals surface area contributed by atoms with E-state index in [1.54, 1.807) is 7.11 Å². The van der Waals surface area contributed by atoms with Gasteiger partial charge in [0, 0.05) is 24.2 Å². The number of nitrogens with zero attached hydrogens (tertiary/aromatic N) is 1. The van der Waals surface area contributed by atoms with Gasteiger partial charge in [-0.2, -0.15) is 11.8 Å². The van der Waals surface area contributed by atoms with Crippen LogP contribution in [0.25, 0.3) is 0 Å². The summed E-state index contributed by atoms with van der Waals surface area (Å²) in [5.74, 6) is 1.32. The van der Waals surface area contributed by atoms with Crippen molar-refractivity contribution in [1.29, 1.82) is 0 Å². The molecular formula is C12H18N2O4S2. The van der Waals surface area contributed by atoms with Crippen molar-refractivity contribution in [1.82, 2.24) is 0 Å². The molecule has 0 heterocycles. The normalized spacial score (nSPS) is 12.6. The van der Waals surface area contributed by atoms with Gasteiger partial charge in [0.2, 0.25) is 0 Å². The predicted octanol–water partition coefficient (Wildman–Crippen LogP) is 0.934. The third-order valence-corrected chi connectivity index (χ3v) is 5.48. The van der Waals surface area contributed by atoms with Crippen LogP contribution in [0.2, 0.25) is 0 Å². The number of nitrogens with two attached hydrogens (primary N) is 1. The molecule has 0 saturated heterocycles. The highest BCUT2D eigenvalue weighted by atomic mass is 32.2. The van der Waals surface area contributed by atoms with Crippen molar-refractivity contribution in [3.63, 3.8) is 0 Å². The number of oxime groups is 1. The number of benzene rings is 1. The molecular weight excluding hydrogens is 300 g/mol. The fraction of sp³-hybridized carbons (Fsp3) is 0.417. The lowest BCUT2D eigenvalue weighted by atomic mass is 10.2. The van der Waals surface area contributed by atoms with Crippen LogP contribution in [0.5, 0.6) is 0 Å². The molecule has 0 bridgehead atoms. The standard InChI is InChI=1S/C12H18N2O4S2/c1-18-6-7-19-8-9-20(16,17)11-4-2-10(3-5-11)12(13)14-15/h2-5,15H,6-9H2,1H3,(H2,13,14). The summed E-state index contributed by atoms with van der Waals surface area (Å²) in [6.45, 7) is 0.610. The summed E-state index contributed by atoms with van der Waals surface area (Å²) in [6.07, 6.45) is 0. The summed E-state index contributed by atoms with van der Waals surface area (Å²) in [6, 6.07) is 5.95. The van der Waals surface area contributed by atoms with E-state index < -0.39 is 9.84 Å². The molecule has 0 radical (unpaired) electrons. The molecule has 0 aliphatic rings. The van der Waals surface area contributed by atoms with E-state index in [1.807, 2.05) is 0 Å². The molecule has 3 N–H and O–H groups in total. The van der Waals surface area contributed by atoms with E-state index in [0.717, 1.165) is 5.75 Å². The molecule has 0 aromatic heterocycles. The van der Waals surface area contributed by atoms with Crippen LogP contribution in [0.15, 0.2) is 34.3 Å². The topological polar surface area (TPSA) is 102 Å². The molecule has 0 atom stereocenters. The zero-order valence-corrected chi connectivity index (χ0v) is 12.8. The highest BCUT2D eigenvalue weighted by Crippen LogP contribution is 2.14. The van der Waals surface area contributed by atoms with E-state index in [9.17, 15) is 8.42 Å². The number of hydrogen-bond donors (Lipinski definition) is 2. The summed E-state index contributed by atoms with van der Waals surface area (Å²) < 4.78 is 29.0. The molecule has 0 aliphatic carbocycles. The second-order valence-electron chi connectivity index (χ2n) is 3.93. The van der Waals surface area contributed by atoms with Gasteiger partial charge in [0.25, 0.3) is 0 Å². The van der Waals surface area contributed by atoms with Crippen molar-refractivity contribution in [2.45, 2.75) is 4.90 Å². The quantitative estimate of drug-likeness (QED) is 0.243. The second kappa shape index (κ2) is 8.13. The number of ether oxygens (including phenoxy) is 1. The van der Waals surface area contributed by atoms with Crippen molar-refractivity contribution >= 4 is 27.4 Å². The van der Waals surface area contributed by atoms with Crippen molar-refractivity contribution < 1.29 is 18.4 Å². The number of amidine groups is 1. The molecule has 0 amide bonds. The molecule has 1 aromatic carbocycles. The Hall–Kier alpha value is -1.25. The zero-order chi connectivity index (χ0) is 15.0. The zero-order valence-electron chi connectivity index (χ0n) is 11.2. The lowest BCUT2D eigenvalue weighted by molar-refractivity contribution is 0.218. The van der Waals surface area contributed by atoms with E-state index in [0.29, 0.717) is 17.9 Å². The fourth-order valence-electron chi connectivity index (χ4n) is 1.42. The third-order valence-electron chi connectivity index (χ3n) is 2.55. The van der Waals surface area contributed by atoms with Gasteiger partial charge in [0.15, 0.2) is 15.7 Å². The number of hydrogen-bond acceptors (Lipinski definition) is 6. The van der Waals surface area contributed by atoms with E-state index >= 15 is 0 Å². The fourth-order valence-corrected chi connectivity index (χ4v) is 4.05. The number of sulfone groups is 1. The monoisotopic (exact) mass is 318 g/mol. The van der Waals surface area contributed by atoms with E-state index in [4.69, 9.17) is 15.7 Å². The first-order valence-corrected chi connectivity index (χ1v) is 8.69. The summed E-state index contributed by atoms with van der Waals surface area (Å²) in [5, 5.41) is 11.4. The van der Waals surface area contributed by atoms with Crippen molar-refractivity contribution in [2.24, 2.45) is 10.9 Å². The number of methoxy groups -OCH3 is 1. The van der Waals surface area contributed by atoms with Crippen LogP contribution in [-0.4, -0.2) is 50.4 Å². The molecule has 112 valence electrons. The largest absolute Gasteiger partial charge is 0.409 e. The minimum Gasteiger partial charge on any atom is -0.409 e. The van der Waals surface area contributed by atoms with Crippen molar-refractivity contribution in [3.8, 4) is 0 Å². The molecule has 0 fully saturated rings. The summed E-state index contributed by atoms with van der Waals surface area (Å²) in [5.41, 5.74) is 5.89. The van der Waals surface area contributed by atoms with Crippen molar-refractivity contribution in [3.05, 3.63) is 29.8 Å². The van der Waals surface area contributed by atoms with Crippen molar-refractivity contribution in [2.75, 3.05) is 31.0 Å². The average molecular weight is 318 g/mol. The maximum Gasteiger partial charge on any atom is 0.179 e. The van der Waals surface area contributed by atoms with E-state index in [1.165, 1.54) is 36.0 Å². The smallest absolute Gasteiger partial charge is 0.179 e. The Morgan fingerprint density at radius 3 is 2.55 bits per heavy atom. The first kappa shape index (κ1) is 16.8. The Balaban J connectivity index is 2.64. The molecule has 6 nitrogen and oxygen atoms in total. The molecule has 1 aromatic rings. The molecule has 0 aliphatic heterocycles. The van der Waals surface area contributed by atoms with Gasteiger partial charge in [-0.1, -0.05) is 5.16 Å². The van der Waals surface area contributed by atoms with Crippen LogP contribution in [0.1, 0.15) is 5.56 Å². The van der Waals surface area contributed by atoms with Crippen LogP contribution in [0.3, 0.4) is 0 Å². The van der Waals surface area contributed by atoms with Gasteiger partial charge in [-0.15, -0.1) is 0 Å². The third kappa shape index (κ3) is 5.03. The van der Waals surface area contributed by atoms with Gasteiger partial charge < -0.3 is 15.7 Å². The minimum atomic E-state index is -3.30. The first-order valence-electron chi connectivity index (χ1n) is 5.88. The molecule has 1 rings (SSSR count). The molecule has 0 spiro atoms. The number of thioether (sulfide) groups is 1. The minimum absolute atomic E-state index is 0.0518. The number of rotatable bonds is 8. The summed E-state index contributed by atoms with van der Waals surface area (Å²) in [7, 11) is -1.69. The van der Waals surface area contributed by atoms with Crippen LogP contribution in [0, 0.1) is 0 Å². The Morgan fingerprint density at radius 2 is 2.00 bits per heavy atom. The van der Waals surface area contributed by atoms with Gasteiger partial charge in [-0.3, -0.25) is 0 Å². The Labute approximate surface area is 122 Å². The Bertz CT molecular complexity index is 541. The Morgan fingerprint density at radius 1 is 1.35 bits per heavy atom. The van der Waals surface area contributed by atoms with Crippen LogP contribution < -0.4 is 5.73 Å². The van der Waals surface area contributed by atoms with E-state index in [2.05, 4.69) is 5.16 Å². The van der Waals surface area contributed by atoms with Gasteiger partial charge >= 0.3 is 0 Å². The van der Waals surface area contributed by atoms with Gasteiger partial charge in [0.1, 0.15) is 0 Å². The van der Waals surface area contributed by atoms with Gasteiger partial charge in [0.05, 0.1) is 17.3 Å². The Kier molecular flexibility index (Phi) is 6.83.